The highest BCUT2D eigenvalue weighted by Gasteiger charge is 2.23. The summed E-state index contributed by atoms with van der Waals surface area (Å²) >= 11 is 0. The van der Waals surface area contributed by atoms with Crippen LogP contribution < -0.4 is 16.4 Å². The first-order valence-electron chi connectivity index (χ1n) is 6.62. The SMILES string of the molecule is CC(C)(C)C(=O)NCC(=O)NC1CCC(N)CC1.Cl. The van der Waals surface area contributed by atoms with Gasteiger partial charge in [-0.2, -0.15) is 0 Å². The largest absolute Gasteiger partial charge is 0.352 e. The van der Waals surface area contributed by atoms with E-state index >= 15 is 0 Å². The average molecular weight is 292 g/mol. The lowest BCUT2D eigenvalue weighted by molar-refractivity contribution is -0.131. The minimum absolute atomic E-state index is 0. The summed E-state index contributed by atoms with van der Waals surface area (Å²) in [5.74, 6) is -0.226. The number of nitrogens with two attached hydrogens (primary N) is 1. The zero-order valence-electron chi connectivity index (χ0n) is 12.0. The van der Waals surface area contributed by atoms with Crippen LogP contribution >= 0.6 is 12.4 Å². The zero-order valence-corrected chi connectivity index (χ0v) is 12.8. The number of carbonyl (C=O) groups excluding carboxylic acids is 2. The van der Waals surface area contributed by atoms with Crippen LogP contribution in [0.25, 0.3) is 0 Å². The molecule has 1 rings (SSSR count). The molecule has 2 amide bonds. The normalized spacial score (nSPS) is 23.2. The maximum Gasteiger partial charge on any atom is 0.239 e. The van der Waals surface area contributed by atoms with Gasteiger partial charge in [0.15, 0.2) is 0 Å². The molecule has 1 aliphatic carbocycles. The molecule has 5 nitrogen and oxygen atoms in total. The number of rotatable bonds is 3. The van der Waals surface area contributed by atoms with E-state index < -0.39 is 5.41 Å². The molecule has 112 valence electrons. The van der Waals surface area contributed by atoms with Gasteiger partial charge in [-0.05, 0) is 25.7 Å². The third-order valence-electron chi connectivity index (χ3n) is 3.23. The van der Waals surface area contributed by atoms with Crippen LogP contribution in [0.15, 0.2) is 0 Å². The van der Waals surface area contributed by atoms with Crippen molar-refractivity contribution in [3.05, 3.63) is 0 Å². The van der Waals surface area contributed by atoms with Crippen LogP contribution in [0.4, 0.5) is 0 Å². The van der Waals surface area contributed by atoms with Crippen molar-refractivity contribution in [2.45, 2.75) is 58.5 Å². The van der Waals surface area contributed by atoms with E-state index in [2.05, 4.69) is 10.6 Å². The van der Waals surface area contributed by atoms with Gasteiger partial charge in [-0.15, -0.1) is 12.4 Å². The van der Waals surface area contributed by atoms with Crippen molar-refractivity contribution in [2.24, 2.45) is 11.1 Å². The predicted octanol–water partition coefficient (Wildman–Crippen LogP) is 0.957. The Labute approximate surface area is 121 Å². The molecule has 4 N–H and O–H groups in total. The number of carbonyl (C=O) groups is 2. The number of hydrogen-bond donors (Lipinski definition) is 3. The summed E-state index contributed by atoms with van der Waals surface area (Å²) in [5.41, 5.74) is 5.34. The molecule has 0 spiro atoms. The van der Waals surface area contributed by atoms with Gasteiger partial charge in [-0.25, -0.2) is 0 Å². The molecule has 0 heterocycles. The summed E-state index contributed by atoms with van der Waals surface area (Å²) in [4.78, 5) is 23.3. The predicted molar refractivity (Wildman–Crippen MR) is 78.1 cm³/mol. The molecule has 0 aliphatic heterocycles. The molecule has 0 unspecified atom stereocenters. The van der Waals surface area contributed by atoms with Crippen LogP contribution in [-0.2, 0) is 9.59 Å². The van der Waals surface area contributed by atoms with E-state index in [1.54, 1.807) is 0 Å². The van der Waals surface area contributed by atoms with E-state index in [0.717, 1.165) is 25.7 Å². The highest BCUT2D eigenvalue weighted by atomic mass is 35.5. The fraction of sp³-hybridized carbons (Fsp3) is 0.846. The highest BCUT2D eigenvalue weighted by molar-refractivity contribution is 5.87. The summed E-state index contributed by atoms with van der Waals surface area (Å²) < 4.78 is 0. The molecule has 0 aromatic rings. The van der Waals surface area contributed by atoms with Crippen LogP contribution in [0.3, 0.4) is 0 Å². The second-order valence-corrected chi connectivity index (χ2v) is 6.11. The van der Waals surface area contributed by atoms with Gasteiger partial charge < -0.3 is 16.4 Å². The molecule has 0 bridgehead atoms. The van der Waals surface area contributed by atoms with E-state index in [1.807, 2.05) is 20.8 Å². The van der Waals surface area contributed by atoms with E-state index in [0.29, 0.717) is 0 Å². The summed E-state index contributed by atoms with van der Waals surface area (Å²) in [6.45, 7) is 5.52. The van der Waals surface area contributed by atoms with E-state index in [4.69, 9.17) is 5.73 Å². The lowest BCUT2D eigenvalue weighted by Gasteiger charge is -2.27. The van der Waals surface area contributed by atoms with Crippen molar-refractivity contribution in [1.82, 2.24) is 10.6 Å². The lowest BCUT2D eigenvalue weighted by Crippen LogP contribution is -2.46. The van der Waals surface area contributed by atoms with Crippen LogP contribution in [0, 0.1) is 5.41 Å². The van der Waals surface area contributed by atoms with E-state index in [1.165, 1.54) is 0 Å². The van der Waals surface area contributed by atoms with Crippen LogP contribution in [0.2, 0.25) is 0 Å². The Kier molecular flexibility index (Phi) is 7.37. The quantitative estimate of drug-likeness (QED) is 0.724. The molecule has 1 fully saturated rings. The number of halogens is 1. The van der Waals surface area contributed by atoms with Crippen molar-refractivity contribution >= 4 is 24.2 Å². The van der Waals surface area contributed by atoms with Crippen LogP contribution in [0.1, 0.15) is 46.5 Å². The molecule has 0 radical (unpaired) electrons. The summed E-state index contributed by atoms with van der Waals surface area (Å²) in [6.07, 6.45) is 3.78. The van der Waals surface area contributed by atoms with Crippen molar-refractivity contribution in [1.29, 1.82) is 0 Å². The lowest BCUT2D eigenvalue weighted by atomic mass is 9.92. The first-order valence-corrected chi connectivity index (χ1v) is 6.62. The Morgan fingerprint density at radius 3 is 2.16 bits per heavy atom. The zero-order chi connectivity index (χ0) is 13.8. The molecule has 1 aliphatic rings. The second-order valence-electron chi connectivity index (χ2n) is 6.11. The van der Waals surface area contributed by atoms with Gasteiger partial charge in [-0.1, -0.05) is 20.8 Å². The van der Waals surface area contributed by atoms with Crippen molar-refractivity contribution < 1.29 is 9.59 Å². The topological polar surface area (TPSA) is 84.2 Å². The van der Waals surface area contributed by atoms with Gasteiger partial charge in [-0.3, -0.25) is 9.59 Å². The minimum atomic E-state index is -0.460. The average Bonchev–Trinajstić information content (AvgIpc) is 2.28. The fourth-order valence-electron chi connectivity index (χ4n) is 1.97. The smallest absolute Gasteiger partial charge is 0.239 e. The molecule has 1 saturated carbocycles. The summed E-state index contributed by atoms with van der Waals surface area (Å²) in [7, 11) is 0. The second kappa shape index (κ2) is 7.70. The Bertz CT molecular complexity index is 308. The van der Waals surface area contributed by atoms with Gasteiger partial charge >= 0.3 is 0 Å². The van der Waals surface area contributed by atoms with Crippen LogP contribution in [0.5, 0.6) is 0 Å². The fourth-order valence-corrected chi connectivity index (χ4v) is 1.97. The van der Waals surface area contributed by atoms with Gasteiger partial charge in [0.05, 0.1) is 6.54 Å². The molecule has 0 saturated heterocycles. The third kappa shape index (κ3) is 6.78. The Hall–Kier alpha value is -0.810. The molecule has 0 aromatic heterocycles. The summed E-state index contributed by atoms with van der Waals surface area (Å²) in [5, 5.41) is 5.58. The highest BCUT2D eigenvalue weighted by Crippen LogP contribution is 2.16. The summed E-state index contributed by atoms with van der Waals surface area (Å²) in [6, 6.07) is 0.489. The van der Waals surface area contributed by atoms with Crippen molar-refractivity contribution in [3.63, 3.8) is 0 Å². The number of nitrogens with one attached hydrogen (secondary N) is 2. The van der Waals surface area contributed by atoms with E-state index in [-0.39, 0.29) is 42.8 Å². The van der Waals surface area contributed by atoms with Gasteiger partial charge in [0.2, 0.25) is 11.8 Å². The van der Waals surface area contributed by atoms with Gasteiger partial charge in [0.1, 0.15) is 0 Å². The monoisotopic (exact) mass is 291 g/mol. The molecular formula is C13H26ClN3O2. The van der Waals surface area contributed by atoms with Crippen LogP contribution in [-0.4, -0.2) is 30.4 Å². The Balaban J connectivity index is 0.00000324. The van der Waals surface area contributed by atoms with E-state index in [9.17, 15) is 9.59 Å². The number of hydrogen-bond acceptors (Lipinski definition) is 3. The van der Waals surface area contributed by atoms with Crippen molar-refractivity contribution in [2.75, 3.05) is 6.54 Å². The van der Waals surface area contributed by atoms with Gasteiger partial charge in [0, 0.05) is 17.5 Å². The Morgan fingerprint density at radius 2 is 1.68 bits per heavy atom. The molecular weight excluding hydrogens is 266 g/mol. The number of amides is 2. The third-order valence-corrected chi connectivity index (χ3v) is 3.23. The molecule has 19 heavy (non-hydrogen) atoms. The van der Waals surface area contributed by atoms with Gasteiger partial charge in [0.25, 0.3) is 0 Å². The molecule has 0 atom stereocenters. The first kappa shape index (κ1) is 18.2. The standard InChI is InChI=1S/C13H25N3O2.ClH/c1-13(2,3)12(18)15-8-11(17)16-10-6-4-9(14)5-7-10;/h9-10H,4-8,14H2,1-3H3,(H,15,18)(H,16,17);1H. The molecule has 6 heteroatoms. The molecule has 0 aromatic carbocycles. The maximum atomic E-state index is 11.7. The first-order chi connectivity index (χ1) is 8.29. The Morgan fingerprint density at radius 1 is 1.16 bits per heavy atom. The minimum Gasteiger partial charge on any atom is -0.352 e. The maximum absolute atomic E-state index is 11.7. The van der Waals surface area contributed by atoms with Crippen molar-refractivity contribution in [3.8, 4) is 0 Å².